The van der Waals surface area contributed by atoms with Crippen LogP contribution in [0.4, 0.5) is 22.7 Å². The predicted octanol–water partition coefficient (Wildman–Crippen LogP) is 2.53. The van der Waals surface area contributed by atoms with E-state index in [-0.39, 0.29) is 76.4 Å². The Labute approximate surface area is 255 Å². The van der Waals surface area contributed by atoms with E-state index in [2.05, 4.69) is 21.4 Å². The Hall–Kier alpha value is -5.72. The SMILES string of the molecule is CCCC(=O)Nc1cc(O)c(C(=O)OCC)cc1N.CCCC(=O)Nc1cc(O)c(C(=O)OCC)cc1N=C(N)N.N#CN. The molecule has 0 atom stereocenters. The van der Waals surface area contributed by atoms with Gasteiger partial charge in [-0.2, -0.15) is 5.26 Å². The van der Waals surface area contributed by atoms with E-state index in [9.17, 15) is 29.4 Å². The molecule has 2 rings (SSSR count). The lowest BCUT2D eigenvalue weighted by molar-refractivity contribution is -0.117. The molecular weight excluding hydrogens is 576 g/mol. The van der Waals surface area contributed by atoms with Gasteiger partial charge in [0.2, 0.25) is 11.8 Å². The molecule has 0 fully saturated rings. The number of nitriles is 1. The highest BCUT2D eigenvalue weighted by Crippen LogP contribution is 2.33. The number of anilines is 3. The quantitative estimate of drug-likeness (QED) is 0.0343. The molecule has 16 heteroatoms. The number of nitrogen functional groups attached to an aromatic ring is 1. The molecule has 12 N–H and O–H groups in total. The summed E-state index contributed by atoms with van der Waals surface area (Å²) < 4.78 is 9.61. The number of rotatable bonds is 11. The van der Waals surface area contributed by atoms with Gasteiger partial charge in [0.1, 0.15) is 22.6 Å². The average Bonchev–Trinajstić information content (AvgIpc) is 2.93. The molecule has 0 radical (unpaired) electrons. The van der Waals surface area contributed by atoms with Crippen LogP contribution in [-0.2, 0) is 19.1 Å². The molecule has 0 unspecified atom stereocenters. The van der Waals surface area contributed by atoms with Crippen LogP contribution in [0.3, 0.4) is 0 Å². The fourth-order valence-corrected chi connectivity index (χ4v) is 3.25. The molecule has 0 spiro atoms. The van der Waals surface area contributed by atoms with Crippen LogP contribution in [0.1, 0.15) is 74.1 Å². The first-order chi connectivity index (χ1) is 20.8. The number of benzene rings is 2. The Bertz CT molecular complexity index is 1370. The van der Waals surface area contributed by atoms with Crippen molar-refractivity contribution in [2.75, 3.05) is 29.6 Å². The molecular formula is C28H40N8O8. The van der Waals surface area contributed by atoms with Gasteiger partial charge in [0.15, 0.2) is 12.2 Å². The van der Waals surface area contributed by atoms with E-state index in [0.717, 1.165) is 0 Å². The Balaban J connectivity index is 0.000000778. The first-order valence-corrected chi connectivity index (χ1v) is 13.4. The van der Waals surface area contributed by atoms with Crippen molar-refractivity contribution in [3.05, 3.63) is 35.4 Å². The number of amides is 2. The van der Waals surface area contributed by atoms with E-state index in [4.69, 9.17) is 31.9 Å². The second-order valence-electron chi connectivity index (χ2n) is 8.55. The van der Waals surface area contributed by atoms with Crippen molar-refractivity contribution < 1.29 is 38.9 Å². The van der Waals surface area contributed by atoms with Gasteiger partial charge in [-0.15, -0.1) is 0 Å². The summed E-state index contributed by atoms with van der Waals surface area (Å²) in [4.78, 5) is 50.3. The molecule has 0 bridgehead atoms. The maximum absolute atomic E-state index is 11.8. The lowest BCUT2D eigenvalue weighted by Crippen LogP contribution is -2.22. The molecule has 0 aromatic heterocycles. The van der Waals surface area contributed by atoms with Crippen LogP contribution >= 0.6 is 0 Å². The van der Waals surface area contributed by atoms with Crippen LogP contribution < -0.4 is 33.6 Å². The molecule has 0 saturated heterocycles. The molecule has 240 valence electrons. The first-order valence-electron chi connectivity index (χ1n) is 13.4. The number of carbonyl (C=O) groups is 4. The summed E-state index contributed by atoms with van der Waals surface area (Å²) in [6.45, 7) is 7.41. The van der Waals surface area contributed by atoms with Gasteiger partial charge in [-0.3, -0.25) is 9.59 Å². The van der Waals surface area contributed by atoms with Crippen molar-refractivity contribution in [2.45, 2.75) is 53.4 Å². The number of hydrogen-bond donors (Lipinski definition) is 8. The van der Waals surface area contributed by atoms with Crippen molar-refractivity contribution in [1.82, 2.24) is 0 Å². The molecule has 0 saturated carbocycles. The number of carbonyl (C=O) groups excluding carboxylic acids is 4. The number of nitrogens with two attached hydrogens (primary N) is 4. The summed E-state index contributed by atoms with van der Waals surface area (Å²) >= 11 is 0. The Kier molecular flexibility index (Phi) is 17.6. The minimum atomic E-state index is -0.710. The standard InChI is InChI=1S/C14H20N4O4.C13H18N2O4.CH2N2/c1-3-5-12(20)17-10-7-11(19)8(13(21)22-4-2)6-9(10)18-14(15)16;1-3-5-12(17)15-10-7-11(16)8(6-9(10)14)13(18)19-4-2;2-1-3/h6-7,19H,3-5H2,1-2H3,(H,17,20)(H4,15,16,18);6-7,16H,3-5,14H2,1-2H3,(H,15,17);2H2. The van der Waals surface area contributed by atoms with E-state index in [0.29, 0.717) is 25.7 Å². The van der Waals surface area contributed by atoms with Gasteiger partial charge >= 0.3 is 11.9 Å². The van der Waals surface area contributed by atoms with Crippen LogP contribution in [0, 0.1) is 11.5 Å². The molecule has 0 aliphatic rings. The third-order valence-electron chi connectivity index (χ3n) is 5.02. The van der Waals surface area contributed by atoms with Crippen molar-refractivity contribution in [3.63, 3.8) is 0 Å². The minimum Gasteiger partial charge on any atom is -0.507 e. The molecule has 2 aromatic rings. The van der Waals surface area contributed by atoms with Gasteiger partial charge < -0.3 is 53.3 Å². The van der Waals surface area contributed by atoms with Crippen LogP contribution in [0.2, 0.25) is 0 Å². The molecule has 0 aliphatic heterocycles. The lowest BCUT2D eigenvalue weighted by Gasteiger charge is -2.12. The number of nitrogens with one attached hydrogen (secondary N) is 2. The topological polar surface area (TPSA) is 291 Å². The van der Waals surface area contributed by atoms with Gasteiger partial charge in [-0.1, -0.05) is 13.8 Å². The van der Waals surface area contributed by atoms with Gasteiger partial charge in [0, 0.05) is 25.0 Å². The van der Waals surface area contributed by atoms with Crippen molar-refractivity contribution in [2.24, 2.45) is 22.2 Å². The van der Waals surface area contributed by atoms with Gasteiger partial charge in [-0.25, -0.2) is 14.6 Å². The molecule has 44 heavy (non-hydrogen) atoms. The van der Waals surface area contributed by atoms with Crippen LogP contribution in [0.25, 0.3) is 0 Å². The fourth-order valence-electron chi connectivity index (χ4n) is 3.25. The Morgan fingerprint density at radius 1 is 0.818 bits per heavy atom. The van der Waals surface area contributed by atoms with E-state index in [1.165, 1.54) is 30.5 Å². The van der Waals surface area contributed by atoms with E-state index < -0.39 is 11.9 Å². The number of aliphatic imine (C=N–C) groups is 1. The number of aromatic hydroxyl groups is 2. The largest absolute Gasteiger partial charge is 0.507 e. The summed E-state index contributed by atoms with van der Waals surface area (Å²) in [5.41, 5.74) is 21.3. The maximum atomic E-state index is 11.8. The average molecular weight is 617 g/mol. The van der Waals surface area contributed by atoms with Gasteiger partial charge in [0.25, 0.3) is 0 Å². The van der Waals surface area contributed by atoms with E-state index in [1.54, 1.807) is 13.8 Å². The Morgan fingerprint density at radius 3 is 1.64 bits per heavy atom. The summed E-state index contributed by atoms with van der Waals surface area (Å²) in [6.07, 6.45) is 3.29. The van der Waals surface area contributed by atoms with Crippen LogP contribution in [-0.4, -0.2) is 53.1 Å². The van der Waals surface area contributed by atoms with E-state index in [1.807, 2.05) is 13.8 Å². The van der Waals surface area contributed by atoms with Crippen molar-refractivity contribution >= 4 is 52.5 Å². The maximum Gasteiger partial charge on any atom is 0.341 e. The number of ether oxygens (including phenoxy) is 2. The molecule has 0 aliphatic carbocycles. The zero-order chi connectivity index (χ0) is 33.8. The molecule has 2 amide bonds. The van der Waals surface area contributed by atoms with Crippen molar-refractivity contribution in [3.8, 4) is 17.7 Å². The summed E-state index contributed by atoms with van der Waals surface area (Å²) in [5, 5.41) is 31.9. The number of phenols is 2. The molecule has 16 nitrogen and oxygen atoms in total. The normalized spacial score (nSPS) is 9.43. The summed E-state index contributed by atoms with van der Waals surface area (Å²) in [7, 11) is 0. The van der Waals surface area contributed by atoms with Crippen molar-refractivity contribution in [1.29, 1.82) is 5.26 Å². The smallest absolute Gasteiger partial charge is 0.341 e. The first kappa shape index (κ1) is 38.3. The second-order valence-corrected chi connectivity index (χ2v) is 8.55. The highest BCUT2D eigenvalue weighted by Gasteiger charge is 2.18. The molecule has 0 heterocycles. The van der Waals surface area contributed by atoms with Gasteiger partial charge in [-0.05, 0) is 38.8 Å². The number of nitrogens with zero attached hydrogens (tertiary/aromatic N) is 2. The number of phenolic OH excluding ortho intramolecular Hbond substituents is 2. The Morgan fingerprint density at radius 2 is 1.23 bits per heavy atom. The number of esters is 2. The lowest BCUT2D eigenvalue weighted by atomic mass is 10.1. The fraction of sp³-hybridized carbons (Fsp3) is 0.357. The summed E-state index contributed by atoms with van der Waals surface area (Å²) in [6, 6.07) is 5.00. The molecule has 2 aromatic carbocycles. The highest BCUT2D eigenvalue weighted by atomic mass is 16.5. The summed E-state index contributed by atoms with van der Waals surface area (Å²) in [5.74, 6) is -2.67. The van der Waals surface area contributed by atoms with E-state index >= 15 is 0 Å². The number of guanidine groups is 1. The van der Waals surface area contributed by atoms with Crippen LogP contribution in [0.5, 0.6) is 11.5 Å². The second kappa shape index (κ2) is 20.2. The van der Waals surface area contributed by atoms with Gasteiger partial charge in [0.05, 0.1) is 36.0 Å². The minimum absolute atomic E-state index is 0.0205. The number of hydrogen-bond acceptors (Lipinski definition) is 12. The zero-order valence-electron chi connectivity index (χ0n) is 25.1. The zero-order valence-corrected chi connectivity index (χ0v) is 25.1. The highest BCUT2D eigenvalue weighted by molar-refractivity contribution is 6.00. The third kappa shape index (κ3) is 13.3. The monoisotopic (exact) mass is 616 g/mol. The third-order valence-corrected chi connectivity index (χ3v) is 5.02. The van der Waals surface area contributed by atoms with Crippen LogP contribution in [0.15, 0.2) is 29.3 Å². The predicted molar refractivity (Wildman–Crippen MR) is 165 cm³/mol.